The van der Waals surface area contributed by atoms with Crippen LogP contribution in [0.15, 0.2) is 96.6 Å². The van der Waals surface area contributed by atoms with Crippen molar-refractivity contribution in [2.45, 2.75) is 43.9 Å². The van der Waals surface area contributed by atoms with Gasteiger partial charge in [-0.1, -0.05) is 30.3 Å². The number of fused-ring (bicyclic) bond motifs is 1. The minimum atomic E-state index is -1.12. The number of amides is 1. The van der Waals surface area contributed by atoms with Gasteiger partial charge in [-0.25, -0.2) is 4.98 Å². The van der Waals surface area contributed by atoms with Crippen LogP contribution in [0.25, 0.3) is 16.7 Å². The van der Waals surface area contributed by atoms with E-state index in [1.165, 1.54) is 10.9 Å². The zero-order valence-electron chi connectivity index (χ0n) is 26.5. The Hall–Kier alpha value is -4.87. The van der Waals surface area contributed by atoms with Gasteiger partial charge in [0.25, 0.3) is 5.56 Å². The maximum Gasteiger partial charge on any atom is 0.262 e. The summed E-state index contributed by atoms with van der Waals surface area (Å²) in [6.45, 7) is 3.25. The summed E-state index contributed by atoms with van der Waals surface area (Å²) in [7, 11) is 1.62. The van der Waals surface area contributed by atoms with E-state index in [0.717, 1.165) is 42.2 Å². The molecule has 2 aliphatic heterocycles. The van der Waals surface area contributed by atoms with E-state index in [1.54, 1.807) is 31.8 Å². The van der Waals surface area contributed by atoms with Crippen LogP contribution >= 0.6 is 0 Å². The molecule has 0 aliphatic carbocycles. The van der Waals surface area contributed by atoms with E-state index in [2.05, 4.69) is 32.0 Å². The quantitative estimate of drug-likeness (QED) is 0.275. The average molecular weight is 634 g/mol. The summed E-state index contributed by atoms with van der Waals surface area (Å²) in [6, 6.07) is 19.6. The fourth-order valence-corrected chi connectivity index (χ4v) is 7.11. The van der Waals surface area contributed by atoms with Crippen molar-refractivity contribution in [2.24, 2.45) is 5.92 Å². The van der Waals surface area contributed by atoms with Gasteiger partial charge in [-0.05, 0) is 61.7 Å². The Labute approximate surface area is 273 Å². The van der Waals surface area contributed by atoms with Crippen molar-refractivity contribution in [3.8, 4) is 11.4 Å². The first-order valence-electron chi connectivity index (χ1n) is 16.1. The van der Waals surface area contributed by atoms with Crippen LogP contribution in [0.1, 0.15) is 36.4 Å². The van der Waals surface area contributed by atoms with Crippen molar-refractivity contribution in [3.63, 3.8) is 0 Å². The summed E-state index contributed by atoms with van der Waals surface area (Å²) in [5.41, 5.74) is 2.18. The molecule has 0 unspecified atom stereocenters. The third kappa shape index (κ3) is 6.41. The molecule has 242 valence electrons. The summed E-state index contributed by atoms with van der Waals surface area (Å²) in [5, 5.41) is 12.1. The first-order chi connectivity index (χ1) is 22.9. The van der Waals surface area contributed by atoms with Gasteiger partial charge in [-0.3, -0.25) is 29.0 Å². The number of hydrogen-bond acceptors (Lipinski definition) is 8. The lowest BCUT2D eigenvalue weighted by Crippen LogP contribution is -2.53. The van der Waals surface area contributed by atoms with Crippen LogP contribution < -0.4 is 10.3 Å². The number of nitrogens with zero attached hydrogens (tertiary/aromatic N) is 7. The van der Waals surface area contributed by atoms with Gasteiger partial charge in [0.05, 0.1) is 30.3 Å². The molecule has 5 aromatic rings. The molecule has 2 aromatic carbocycles. The van der Waals surface area contributed by atoms with E-state index in [4.69, 9.17) is 4.74 Å². The van der Waals surface area contributed by atoms with E-state index in [1.807, 2.05) is 58.1 Å². The number of piperidine rings is 2. The highest BCUT2D eigenvalue weighted by atomic mass is 16.5. The minimum Gasteiger partial charge on any atom is -0.497 e. The van der Waals surface area contributed by atoms with Crippen LogP contribution in [0, 0.1) is 5.92 Å². The largest absolute Gasteiger partial charge is 0.497 e. The number of methoxy groups -OCH3 is 1. The molecule has 11 heteroatoms. The molecule has 2 atom stereocenters. The number of likely N-dealkylation sites (tertiary alicyclic amines) is 2. The third-order valence-electron chi connectivity index (χ3n) is 9.74. The van der Waals surface area contributed by atoms with Crippen LogP contribution in [0.4, 0.5) is 0 Å². The fourth-order valence-electron chi connectivity index (χ4n) is 7.11. The highest BCUT2D eigenvalue weighted by molar-refractivity contribution is 5.80. The standard InChI is InChI=1S/C36H39N7O4/c1-47-29-9-7-28(8-10-29)43-18-12-31-33(43)39-25-42(35(31)45)24-36(46)13-19-41(20-14-36)34(44)30-11-17-40(22-27-21-37-15-16-38-27)23-32(30)26-5-3-2-4-6-26/h2-10,12,15-16,18,21,25,30,32,46H,11,13-14,17,19-20,22-24H2,1H3/t30-,32+/m1/s1. The van der Waals surface area contributed by atoms with E-state index in [9.17, 15) is 14.7 Å². The van der Waals surface area contributed by atoms with Crippen molar-refractivity contribution < 1.29 is 14.6 Å². The van der Waals surface area contributed by atoms with Gasteiger partial charge in [0.1, 0.15) is 12.1 Å². The number of carbonyl (C=O) groups is 1. The summed E-state index contributed by atoms with van der Waals surface area (Å²) in [6.07, 6.45) is 10.0. The van der Waals surface area contributed by atoms with Crippen molar-refractivity contribution in [2.75, 3.05) is 33.3 Å². The summed E-state index contributed by atoms with van der Waals surface area (Å²) < 4.78 is 8.62. The predicted octanol–water partition coefficient (Wildman–Crippen LogP) is 3.65. The zero-order chi connectivity index (χ0) is 32.4. The minimum absolute atomic E-state index is 0.0523. The Kier molecular flexibility index (Phi) is 8.57. The summed E-state index contributed by atoms with van der Waals surface area (Å²) in [4.78, 5) is 45.1. The van der Waals surface area contributed by atoms with E-state index in [0.29, 0.717) is 43.5 Å². The highest BCUT2D eigenvalue weighted by Crippen LogP contribution is 2.36. The number of hydrogen-bond donors (Lipinski definition) is 1. The number of aliphatic hydroxyl groups is 1. The number of carbonyl (C=O) groups excluding carboxylic acids is 1. The van der Waals surface area contributed by atoms with Gasteiger partial charge in [-0.15, -0.1) is 0 Å². The van der Waals surface area contributed by atoms with Gasteiger partial charge < -0.3 is 19.3 Å². The first kappa shape index (κ1) is 30.8. The topological polar surface area (TPSA) is 119 Å². The monoisotopic (exact) mass is 633 g/mol. The Morgan fingerprint density at radius 1 is 1.00 bits per heavy atom. The van der Waals surface area contributed by atoms with E-state index >= 15 is 0 Å². The summed E-state index contributed by atoms with van der Waals surface area (Å²) in [5.74, 6) is 0.792. The van der Waals surface area contributed by atoms with Gasteiger partial charge in [0.15, 0.2) is 5.65 Å². The molecule has 0 spiro atoms. The van der Waals surface area contributed by atoms with Crippen LogP contribution in [0.5, 0.6) is 5.75 Å². The SMILES string of the molecule is COc1ccc(-n2ccc3c(=O)n(CC4(O)CCN(C(=O)[C@@H]5CCN(Cc6cnccn6)C[C@H]5c5ccccc5)CC4)cnc32)cc1. The van der Waals surface area contributed by atoms with Crippen LogP contribution in [0.2, 0.25) is 0 Å². The van der Waals surface area contributed by atoms with Crippen molar-refractivity contribution in [1.29, 1.82) is 0 Å². The Morgan fingerprint density at radius 2 is 1.79 bits per heavy atom. The number of ether oxygens (including phenoxy) is 1. The highest BCUT2D eigenvalue weighted by Gasteiger charge is 2.41. The normalized spacial score (nSPS) is 19.9. The second-order valence-corrected chi connectivity index (χ2v) is 12.7. The molecule has 1 N–H and O–H groups in total. The molecular weight excluding hydrogens is 594 g/mol. The Morgan fingerprint density at radius 3 is 2.51 bits per heavy atom. The average Bonchev–Trinajstić information content (AvgIpc) is 3.55. The summed E-state index contributed by atoms with van der Waals surface area (Å²) >= 11 is 0. The molecular formula is C36H39N7O4. The van der Waals surface area contributed by atoms with Crippen molar-refractivity contribution >= 4 is 16.9 Å². The number of benzene rings is 2. The van der Waals surface area contributed by atoms with Gasteiger partial charge >= 0.3 is 0 Å². The molecule has 2 aliphatic rings. The lowest BCUT2D eigenvalue weighted by atomic mass is 9.79. The maximum atomic E-state index is 14.1. The van der Waals surface area contributed by atoms with Gasteiger partial charge in [0, 0.05) is 68.5 Å². The molecule has 11 nitrogen and oxygen atoms in total. The Balaban J connectivity index is 1.02. The van der Waals surface area contributed by atoms with Crippen molar-refractivity contribution in [3.05, 3.63) is 113 Å². The first-order valence-corrected chi connectivity index (χ1v) is 16.1. The van der Waals surface area contributed by atoms with Gasteiger partial charge in [0.2, 0.25) is 5.91 Å². The molecule has 0 saturated carbocycles. The van der Waals surface area contributed by atoms with Crippen LogP contribution in [-0.4, -0.2) is 83.8 Å². The molecule has 2 saturated heterocycles. The number of rotatable bonds is 8. The second kappa shape index (κ2) is 13.1. The molecule has 1 amide bonds. The molecule has 0 radical (unpaired) electrons. The molecule has 3 aromatic heterocycles. The van der Waals surface area contributed by atoms with Crippen molar-refractivity contribution in [1.82, 2.24) is 33.9 Å². The second-order valence-electron chi connectivity index (χ2n) is 12.7. The molecule has 0 bridgehead atoms. The molecule has 5 heterocycles. The van der Waals surface area contributed by atoms with E-state index in [-0.39, 0.29) is 29.8 Å². The molecule has 47 heavy (non-hydrogen) atoms. The zero-order valence-corrected chi connectivity index (χ0v) is 26.5. The molecule has 2 fully saturated rings. The Bertz CT molecular complexity index is 1880. The van der Waals surface area contributed by atoms with Crippen LogP contribution in [-0.2, 0) is 17.9 Å². The lowest BCUT2D eigenvalue weighted by Gasteiger charge is -2.43. The van der Waals surface area contributed by atoms with Crippen LogP contribution in [0.3, 0.4) is 0 Å². The third-order valence-corrected chi connectivity index (χ3v) is 9.74. The fraction of sp³-hybridized carbons (Fsp3) is 0.361. The van der Waals surface area contributed by atoms with E-state index < -0.39 is 5.60 Å². The lowest BCUT2D eigenvalue weighted by molar-refractivity contribution is -0.142. The van der Waals surface area contributed by atoms with Gasteiger partial charge in [-0.2, -0.15) is 0 Å². The predicted molar refractivity (Wildman–Crippen MR) is 177 cm³/mol. The number of aromatic nitrogens is 5. The maximum absolute atomic E-state index is 14.1. The molecule has 7 rings (SSSR count). The smallest absolute Gasteiger partial charge is 0.262 e.